The van der Waals surface area contributed by atoms with E-state index < -0.39 is 9.84 Å². The van der Waals surface area contributed by atoms with Crippen LogP contribution in [0.2, 0.25) is 0 Å². The topological polar surface area (TPSA) is 79.9 Å². The second kappa shape index (κ2) is 3.71. The van der Waals surface area contributed by atoms with Crippen molar-refractivity contribution in [3.05, 3.63) is 34.9 Å². The van der Waals surface area contributed by atoms with Crippen LogP contribution in [0.15, 0.2) is 34.2 Å². The summed E-state index contributed by atoms with van der Waals surface area (Å²) in [5, 5.41) is 0.289. The van der Waals surface area contributed by atoms with Gasteiger partial charge in [0.05, 0.1) is 27.9 Å². The fourth-order valence-corrected chi connectivity index (χ4v) is 2.31. The van der Waals surface area contributed by atoms with E-state index in [1.807, 2.05) is 0 Å². The molecule has 0 bridgehead atoms. The molecule has 2 rings (SSSR count). The molecule has 0 saturated carbocycles. The number of sulfone groups is 1. The highest BCUT2D eigenvalue weighted by atomic mass is 32.2. The Morgan fingerprint density at radius 1 is 1.38 bits per heavy atom. The SMILES string of the molecule is CCS(=O)(=O)c1ccc2nc[nH]c(=O)c2c1. The van der Waals surface area contributed by atoms with Gasteiger partial charge in [0, 0.05) is 0 Å². The second-order valence-corrected chi connectivity index (χ2v) is 5.59. The van der Waals surface area contributed by atoms with Gasteiger partial charge in [-0.2, -0.15) is 0 Å². The van der Waals surface area contributed by atoms with Crippen LogP contribution >= 0.6 is 0 Å². The number of hydrogen-bond donors (Lipinski definition) is 1. The van der Waals surface area contributed by atoms with Crippen LogP contribution < -0.4 is 5.56 Å². The summed E-state index contributed by atoms with van der Waals surface area (Å²) >= 11 is 0. The monoisotopic (exact) mass is 238 g/mol. The van der Waals surface area contributed by atoms with E-state index in [1.165, 1.54) is 24.5 Å². The number of aromatic nitrogens is 2. The largest absolute Gasteiger partial charge is 0.313 e. The maximum absolute atomic E-state index is 11.6. The highest BCUT2D eigenvalue weighted by Gasteiger charge is 2.12. The highest BCUT2D eigenvalue weighted by molar-refractivity contribution is 7.91. The van der Waals surface area contributed by atoms with Gasteiger partial charge in [-0.1, -0.05) is 6.92 Å². The van der Waals surface area contributed by atoms with E-state index >= 15 is 0 Å². The third-order valence-corrected chi connectivity index (χ3v) is 4.08. The minimum atomic E-state index is -3.29. The molecule has 1 heterocycles. The number of H-pyrrole nitrogens is 1. The van der Waals surface area contributed by atoms with Crippen molar-refractivity contribution < 1.29 is 8.42 Å². The number of hydrogen-bond acceptors (Lipinski definition) is 4. The first-order chi connectivity index (χ1) is 7.54. The summed E-state index contributed by atoms with van der Waals surface area (Å²) in [6, 6.07) is 4.36. The van der Waals surface area contributed by atoms with Gasteiger partial charge >= 0.3 is 0 Å². The van der Waals surface area contributed by atoms with Crippen LogP contribution in [0.5, 0.6) is 0 Å². The van der Waals surface area contributed by atoms with E-state index in [-0.39, 0.29) is 21.6 Å². The number of nitrogens with zero attached hydrogens (tertiary/aromatic N) is 1. The first-order valence-electron chi connectivity index (χ1n) is 4.75. The lowest BCUT2D eigenvalue weighted by atomic mass is 10.2. The van der Waals surface area contributed by atoms with Crippen LogP contribution in [0.3, 0.4) is 0 Å². The van der Waals surface area contributed by atoms with Gasteiger partial charge in [0.15, 0.2) is 9.84 Å². The van der Waals surface area contributed by atoms with Crippen molar-refractivity contribution in [2.75, 3.05) is 5.75 Å². The summed E-state index contributed by atoms with van der Waals surface area (Å²) in [6.45, 7) is 1.56. The van der Waals surface area contributed by atoms with Crippen LogP contribution in [0, 0.1) is 0 Å². The molecule has 0 aliphatic rings. The van der Waals surface area contributed by atoms with Crippen molar-refractivity contribution in [3.8, 4) is 0 Å². The molecule has 84 valence electrons. The Morgan fingerprint density at radius 2 is 2.12 bits per heavy atom. The number of nitrogens with one attached hydrogen (secondary N) is 1. The molecule has 1 aromatic carbocycles. The van der Waals surface area contributed by atoms with E-state index in [1.54, 1.807) is 6.92 Å². The Morgan fingerprint density at radius 3 is 2.81 bits per heavy atom. The lowest BCUT2D eigenvalue weighted by Crippen LogP contribution is -2.09. The van der Waals surface area contributed by atoms with Gasteiger partial charge in [-0.15, -0.1) is 0 Å². The zero-order valence-corrected chi connectivity index (χ0v) is 9.41. The van der Waals surface area contributed by atoms with Crippen LogP contribution in [0.1, 0.15) is 6.92 Å². The van der Waals surface area contributed by atoms with Crippen molar-refractivity contribution in [1.29, 1.82) is 0 Å². The summed E-state index contributed by atoms with van der Waals surface area (Å²) in [5.74, 6) is 0.0106. The first kappa shape index (κ1) is 10.8. The third-order valence-electron chi connectivity index (χ3n) is 2.35. The van der Waals surface area contributed by atoms with Crippen molar-refractivity contribution >= 4 is 20.7 Å². The zero-order chi connectivity index (χ0) is 11.8. The first-order valence-corrected chi connectivity index (χ1v) is 6.40. The van der Waals surface area contributed by atoms with Crippen LogP contribution in [0.4, 0.5) is 0 Å². The van der Waals surface area contributed by atoms with Crippen molar-refractivity contribution in [2.45, 2.75) is 11.8 Å². The molecule has 0 saturated heterocycles. The molecular formula is C10H10N2O3S. The Hall–Kier alpha value is -1.69. The zero-order valence-electron chi connectivity index (χ0n) is 8.60. The standard InChI is InChI=1S/C10H10N2O3S/c1-2-16(14,15)7-3-4-9-8(5-7)10(13)12-6-11-9/h3-6H,2H2,1H3,(H,11,12,13). The summed E-state index contributed by atoms with van der Waals surface area (Å²) in [5.41, 5.74) is 0.150. The molecule has 1 aromatic heterocycles. The minimum absolute atomic E-state index is 0.0106. The number of aromatic amines is 1. The average molecular weight is 238 g/mol. The fraction of sp³-hybridized carbons (Fsp3) is 0.200. The number of fused-ring (bicyclic) bond motifs is 1. The van der Waals surface area contributed by atoms with Gasteiger partial charge in [0.1, 0.15) is 0 Å². The van der Waals surface area contributed by atoms with Crippen molar-refractivity contribution in [1.82, 2.24) is 9.97 Å². The van der Waals surface area contributed by atoms with Crippen molar-refractivity contribution in [2.24, 2.45) is 0 Å². The molecule has 16 heavy (non-hydrogen) atoms. The molecule has 0 atom stereocenters. The molecular weight excluding hydrogens is 228 g/mol. The van der Waals surface area contributed by atoms with Crippen LogP contribution in [-0.2, 0) is 9.84 Å². The summed E-state index contributed by atoms with van der Waals surface area (Å²) in [7, 11) is -3.29. The molecule has 0 unspecified atom stereocenters. The van der Waals surface area contributed by atoms with E-state index in [0.29, 0.717) is 5.52 Å². The molecule has 5 nitrogen and oxygen atoms in total. The number of rotatable bonds is 2. The maximum atomic E-state index is 11.6. The molecule has 0 radical (unpaired) electrons. The molecule has 6 heteroatoms. The second-order valence-electron chi connectivity index (χ2n) is 3.31. The maximum Gasteiger partial charge on any atom is 0.258 e. The van der Waals surface area contributed by atoms with E-state index in [2.05, 4.69) is 9.97 Å². The van der Waals surface area contributed by atoms with Gasteiger partial charge in [0.2, 0.25) is 0 Å². The Bertz CT molecular complexity index is 689. The normalized spacial score (nSPS) is 11.8. The Labute approximate surface area is 92.1 Å². The number of benzene rings is 1. The molecule has 0 aliphatic carbocycles. The van der Waals surface area contributed by atoms with Crippen LogP contribution in [-0.4, -0.2) is 24.1 Å². The Balaban J connectivity index is 2.79. The smallest absolute Gasteiger partial charge is 0.258 e. The van der Waals surface area contributed by atoms with Gasteiger partial charge in [-0.3, -0.25) is 4.79 Å². The predicted molar refractivity (Wildman–Crippen MR) is 60.1 cm³/mol. The lowest BCUT2D eigenvalue weighted by Gasteiger charge is -2.02. The quantitative estimate of drug-likeness (QED) is 0.835. The molecule has 0 spiro atoms. The van der Waals surface area contributed by atoms with E-state index in [4.69, 9.17) is 0 Å². The van der Waals surface area contributed by atoms with Gasteiger partial charge in [-0.25, -0.2) is 13.4 Å². The van der Waals surface area contributed by atoms with E-state index in [0.717, 1.165) is 0 Å². The predicted octanol–water partition coefficient (Wildman–Crippen LogP) is 0.717. The third kappa shape index (κ3) is 1.71. The average Bonchev–Trinajstić information content (AvgIpc) is 2.29. The Kier molecular flexibility index (Phi) is 2.51. The summed E-state index contributed by atoms with van der Waals surface area (Å²) < 4.78 is 23.2. The van der Waals surface area contributed by atoms with Crippen LogP contribution in [0.25, 0.3) is 10.9 Å². The van der Waals surface area contributed by atoms with Gasteiger partial charge in [0.25, 0.3) is 5.56 Å². The van der Waals surface area contributed by atoms with Crippen molar-refractivity contribution in [3.63, 3.8) is 0 Å². The molecule has 0 amide bonds. The highest BCUT2D eigenvalue weighted by Crippen LogP contribution is 2.15. The molecule has 2 aromatic rings. The molecule has 1 N–H and O–H groups in total. The minimum Gasteiger partial charge on any atom is -0.313 e. The lowest BCUT2D eigenvalue weighted by molar-refractivity contribution is 0.597. The molecule has 0 aliphatic heterocycles. The fourth-order valence-electron chi connectivity index (χ4n) is 1.41. The molecule has 0 fully saturated rings. The summed E-state index contributed by atoms with van der Waals surface area (Å²) in [4.78, 5) is 18.0. The van der Waals surface area contributed by atoms with Gasteiger partial charge in [-0.05, 0) is 18.2 Å². The van der Waals surface area contributed by atoms with E-state index in [9.17, 15) is 13.2 Å². The summed E-state index contributed by atoms with van der Waals surface area (Å²) in [6.07, 6.45) is 1.29. The van der Waals surface area contributed by atoms with Gasteiger partial charge < -0.3 is 4.98 Å².